The van der Waals surface area contributed by atoms with Crippen LogP contribution in [0.1, 0.15) is 42.4 Å². The van der Waals surface area contributed by atoms with E-state index in [0.29, 0.717) is 58.0 Å². The lowest BCUT2D eigenvalue weighted by molar-refractivity contribution is -0.143. The molecule has 5 heterocycles. The van der Waals surface area contributed by atoms with Crippen LogP contribution in [-0.2, 0) is 29.4 Å². The molecular weight excluding hydrogens is 608 g/mol. The third-order valence-corrected chi connectivity index (χ3v) is 10.7. The van der Waals surface area contributed by atoms with E-state index < -0.39 is 12.2 Å². The number of nitrogens with one attached hydrogen (secondary N) is 2. The number of aromatic nitrogens is 2. The van der Waals surface area contributed by atoms with Gasteiger partial charge in [0.15, 0.2) is 6.10 Å². The predicted molar refractivity (Wildman–Crippen MR) is 184 cm³/mol. The van der Waals surface area contributed by atoms with Gasteiger partial charge >= 0.3 is 12.1 Å². The number of ether oxygens (including phenoxy) is 1. The minimum Gasteiger partial charge on any atom is -0.436 e. The summed E-state index contributed by atoms with van der Waals surface area (Å²) in [7, 11) is 1.90. The highest BCUT2D eigenvalue weighted by atomic mass is 16.6. The Morgan fingerprint density at radius 3 is 2.46 bits per heavy atom. The topological polar surface area (TPSA) is 115 Å². The highest BCUT2D eigenvalue weighted by Gasteiger charge is 2.36. The van der Waals surface area contributed by atoms with Crippen LogP contribution in [0.4, 0.5) is 15.3 Å². The summed E-state index contributed by atoms with van der Waals surface area (Å²) in [5.74, 6) is -0.132. The van der Waals surface area contributed by atoms with Gasteiger partial charge in [0.05, 0.1) is 5.52 Å². The number of aryl methyl sites for hydroxylation is 2. The van der Waals surface area contributed by atoms with Crippen molar-refractivity contribution in [3.8, 4) is 0 Å². The summed E-state index contributed by atoms with van der Waals surface area (Å²) in [5.41, 5.74) is 4.90. The zero-order valence-corrected chi connectivity index (χ0v) is 28.2. The Hall–Kier alpha value is -4.16. The maximum atomic E-state index is 14.1. The molecule has 0 spiro atoms. The van der Waals surface area contributed by atoms with E-state index in [0.717, 1.165) is 78.7 Å². The van der Waals surface area contributed by atoms with Gasteiger partial charge in [-0.2, -0.15) is 5.10 Å². The smallest absolute Gasteiger partial charge is 0.410 e. The molecule has 2 N–H and O–H groups in total. The molecule has 0 aliphatic carbocycles. The summed E-state index contributed by atoms with van der Waals surface area (Å²) in [6.45, 7) is 8.61. The van der Waals surface area contributed by atoms with Crippen LogP contribution in [0.2, 0.25) is 0 Å². The second kappa shape index (κ2) is 14.1. The van der Waals surface area contributed by atoms with E-state index in [4.69, 9.17) is 4.74 Å². The number of amides is 4. The third kappa shape index (κ3) is 7.00. The van der Waals surface area contributed by atoms with Crippen molar-refractivity contribution < 1.29 is 19.1 Å². The van der Waals surface area contributed by atoms with Crippen LogP contribution in [0.5, 0.6) is 0 Å². The van der Waals surface area contributed by atoms with Gasteiger partial charge < -0.3 is 30.1 Å². The number of piperidine rings is 2. The SMILES string of the molecule is Cc1cc(C[C@@H](OC(=O)N2CCC(N3CCc4ccccc4NC3=O)CC2)C(=O)N2CCN(C3CCNCC3)CC2)cc2cn(C)nc12. The number of fused-ring (bicyclic) bond motifs is 2. The van der Waals surface area contributed by atoms with Crippen molar-refractivity contribution in [1.29, 1.82) is 0 Å². The molecule has 0 saturated carbocycles. The first kappa shape index (κ1) is 32.4. The Bertz CT molecular complexity index is 1640. The van der Waals surface area contributed by atoms with Gasteiger partial charge in [-0.05, 0) is 80.9 Å². The van der Waals surface area contributed by atoms with E-state index in [2.05, 4.69) is 38.8 Å². The lowest BCUT2D eigenvalue weighted by Crippen LogP contribution is -2.56. The van der Waals surface area contributed by atoms with E-state index in [9.17, 15) is 14.4 Å². The third-order valence-electron chi connectivity index (χ3n) is 10.7. The molecule has 3 fully saturated rings. The van der Waals surface area contributed by atoms with Crippen molar-refractivity contribution in [2.24, 2.45) is 7.05 Å². The number of anilines is 1. The largest absolute Gasteiger partial charge is 0.436 e. The van der Waals surface area contributed by atoms with Crippen molar-refractivity contribution in [2.45, 2.75) is 63.6 Å². The van der Waals surface area contributed by atoms with Crippen molar-refractivity contribution >= 4 is 34.6 Å². The van der Waals surface area contributed by atoms with Crippen LogP contribution in [0, 0.1) is 6.92 Å². The number of hydrogen-bond donors (Lipinski definition) is 2. The number of rotatable bonds is 6. The molecule has 12 heteroatoms. The molecule has 2 aromatic carbocycles. The fourth-order valence-corrected chi connectivity index (χ4v) is 8.00. The zero-order chi connectivity index (χ0) is 33.2. The normalized spacial score (nSPS) is 20.7. The van der Waals surface area contributed by atoms with E-state index in [-0.39, 0.29) is 18.0 Å². The molecule has 1 aromatic heterocycles. The number of urea groups is 1. The van der Waals surface area contributed by atoms with Gasteiger partial charge in [-0.25, -0.2) is 9.59 Å². The molecule has 3 saturated heterocycles. The zero-order valence-electron chi connectivity index (χ0n) is 28.2. The highest BCUT2D eigenvalue weighted by molar-refractivity contribution is 5.91. The number of carbonyl (C=O) groups excluding carboxylic acids is 3. The first-order valence-corrected chi connectivity index (χ1v) is 17.6. The van der Waals surface area contributed by atoms with Crippen LogP contribution in [0.15, 0.2) is 42.6 Å². The van der Waals surface area contributed by atoms with Crippen molar-refractivity contribution in [1.82, 2.24) is 34.7 Å². The predicted octanol–water partition coefficient (Wildman–Crippen LogP) is 3.38. The second-order valence-corrected chi connectivity index (χ2v) is 13.8. The number of nitrogens with zero attached hydrogens (tertiary/aromatic N) is 6. The Morgan fingerprint density at radius 1 is 0.938 bits per heavy atom. The summed E-state index contributed by atoms with van der Waals surface area (Å²) in [5, 5.41) is 12.1. The standard InChI is InChI=1S/C36H48N8O4/c1-25-21-26(22-28-24-40(2)39-33(25)28)23-32(34(45)42-19-17-41(18-20-42)29-7-12-37-13-8-29)48-36(47)43-14-10-30(11-15-43)44-16-9-27-5-3-4-6-31(27)38-35(44)46/h3-6,21-22,24,29-30,32,37H,7-20,23H2,1-2H3,(H,38,46)/t32-/m1/s1. The maximum absolute atomic E-state index is 14.1. The minimum absolute atomic E-state index is 0.0335. The number of likely N-dealkylation sites (tertiary alicyclic amines) is 1. The van der Waals surface area contributed by atoms with E-state index in [1.165, 1.54) is 0 Å². The number of hydrogen-bond acceptors (Lipinski definition) is 7. The summed E-state index contributed by atoms with van der Waals surface area (Å²) < 4.78 is 7.93. The van der Waals surface area contributed by atoms with Crippen LogP contribution in [-0.4, -0.2) is 125 Å². The van der Waals surface area contributed by atoms with Crippen molar-refractivity contribution in [3.05, 3.63) is 59.3 Å². The molecule has 3 aromatic rings. The number of carbonyl (C=O) groups is 3. The quantitative estimate of drug-likeness (QED) is 0.418. The summed E-state index contributed by atoms with van der Waals surface area (Å²) in [6.07, 6.45) is 5.26. The monoisotopic (exact) mass is 656 g/mol. The minimum atomic E-state index is -0.927. The van der Waals surface area contributed by atoms with Gasteiger partial charge in [-0.3, -0.25) is 14.4 Å². The van der Waals surface area contributed by atoms with Gasteiger partial charge in [-0.1, -0.05) is 24.3 Å². The molecule has 256 valence electrons. The molecular formula is C36H48N8O4. The fraction of sp³-hybridized carbons (Fsp3) is 0.556. The van der Waals surface area contributed by atoms with Crippen LogP contribution in [0.25, 0.3) is 10.9 Å². The Labute approximate surface area is 282 Å². The van der Waals surface area contributed by atoms with E-state index in [1.54, 1.807) is 9.58 Å². The summed E-state index contributed by atoms with van der Waals surface area (Å²) in [4.78, 5) is 48.9. The summed E-state index contributed by atoms with van der Waals surface area (Å²) in [6, 6.07) is 12.5. The molecule has 4 aliphatic rings. The van der Waals surface area contributed by atoms with Crippen molar-refractivity contribution in [3.63, 3.8) is 0 Å². The molecule has 0 radical (unpaired) electrons. The fourth-order valence-electron chi connectivity index (χ4n) is 8.00. The molecule has 7 rings (SSSR count). The van der Waals surface area contributed by atoms with Gasteiger partial charge in [0.1, 0.15) is 0 Å². The van der Waals surface area contributed by atoms with Gasteiger partial charge in [0.2, 0.25) is 0 Å². The highest BCUT2D eigenvalue weighted by Crippen LogP contribution is 2.26. The van der Waals surface area contributed by atoms with Crippen LogP contribution < -0.4 is 10.6 Å². The Balaban J connectivity index is 1.01. The molecule has 4 amide bonds. The first-order chi connectivity index (χ1) is 23.3. The number of benzene rings is 2. The first-order valence-electron chi connectivity index (χ1n) is 17.6. The lowest BCUT2D eigenvalue weighted by Gasteiger charge is -2.41. The second-order valence-electron chi connectivity index (χ2n) is 13.8. The van der Waals surface area contributed by atoms with Crippen molar-refractivity contribution in [2.75, 3.05) is 64.2 Å². The van der Waals surface area contributed by atoms with Gasteiger partial charge in [-0.15, -0.1) is 0 Å². The Morgan fingerprint density at radius 2 is 1.69 bits per heavy atom. The number of piperazine rings is 1. The molecule has 4 aliphatic heterocycles. The molecule has 0 unspecified atom stereocenters. The van der Waals surface area contributed by atoms with Crippen LogP contribution >= 0.6 is 0 Å². The molecule has 0 bridgehead atoms. The summed E-state index contributed by atoms with van der Waals surface area (Å²) >= 11 is 0. The molecule has 1 atom stereocenters. The molecule has 48 heavy (non-hydrogen) atoms. The van der Waals surface area contributed by atoms with Crippen LogP contribution in [0.3, 0.4) is 0 Å². The van der Waals surface area contributed by atoms with Gasteiger partial charge in [0.25, 0.3) is 5.91 Å². The molecule has 12 nitrogen and oxygen atoms in total. The maximum Gasteiger partial charge on any atom is 0.410 e. The average Bonchev–Trinajstić information content (AvgIpc) is 3.40. The van der Waals surface area contributed by atoms with Gasteiger partial charge in [0, 0.05) is 88.6 Å². The Kier molecular flexibility index (Phi) is 9.54. The number of para-hydroxylation sites is 1. The van der Waals surface area contributed by atoms with E-state index >= 15 is 0 Å². The lowest BCUT2D eigenvalue weighted by atomic mass is 10.0. The van der Waals surface area contributed by atoms with E-state index in [1.807, 2.05) is 48.2 Å². The average molecular weight is 657 g/mol.